The van der Waals surface area contributed by atoms with Crippen molar-refractivity contribution in [2.24, 2.45) is 5.41 Å². The van der Waals surface area contributed by atoms with E-state index < -0.39 is 6.09 Å². The quantitative estimate of drug-likeness (QED) is 0.760. The summed E-state index contributed by atoms with van der Waals surface area (Å²) in [5, 5.41) is 22.3. The number of carbonyl (C=O) groups excluding carboxylic acids is 1. The van der Waals surface area contributed by atoms with Crippen LogP contribution in [0.25, 0.3) is 11.0 Å². The third kappa shape index (κ3) is 1.99. The van der Waals surface area contributed by atoms with Crippen LogP contribution >= 0.6 is 0 Å². The van der Waals surface area contributed by atoms with Gasteiger partial charge in [0, 0.05) is 30.1 Å². The van der Waals surface area contributed by atoms with Crippen LogP contribution in [0.15, 0.2) is 18.2 Å². The maximum Gasteiger partial charge on any atom is 0.407 e. The van der Waals surface area contributed by atoms with E-state index in [1.807, 2.05) is 0 Å². The largest absolute Gasteiger partial charge is 0.465 e. The number of aromatic nitrogens is 3. The molecule has 0 atom stereocenters. The highest BCUT2D eigenvalue weighted by Crippen LogP contribution is 2.48. The molecule has 1 spiro atoms. The Morgan fingerprint density at radius 3 is 2.73 bits per heavy atom. The van der Waals surface area contributed by atoms with E-state index in [0.717, 1.165) is 18.4 Å². The van der Waals surface area contributed by atoms with Gasteiger partial charge >= 0.3 is 6.09 Å². The fourth-order valence-electron chi connectivity index (χ4n) is 3.49. The minimum atomic E-state index is -0.862. The predicted molar refractivity (Wildman–Crippen MR) is 76.4 cm³/mol. The summed E-state index contributed by atoms with van der Waals surface area (Å²) in [5.41, 5.74) is 2.03. The van der Waals surface area contributed by atoms with E-state index in [4.69, 9.17) is 5.11 Å². The van der Waals surface area contributed by atoms with Gasteiger partial charge in [-0.2, -0.15) is 15.4 Å². The van der Waals surface area contributed by atoms with Gasteiger partial charge in [-0.3, -0.25) is 4.79 Å². The van der Waals surface area contributed by atoms with Crippen molar-refractivity contribution in [3.05, 3.63) is 23.8 Å². The highest BCUT2D eigenvalue weighted by Gasteiger charge is 2.54. The zero-order valence-electron chi connectivity index (χ0n) is 11.7. The maximum atomic E-state index is 12.2. The number of benzene rings is 1. The van der Waals surface area contributed by atoms with Gasteiger partial charge in [-0.15, -0.1) is 0 Å². The summed E-state index contributed by atoms with van der Waals surface area (Å²) in [7, 11) is 0. The van der Waals surface area contributed by atoms with Gasteiger partial charge in [-0.05, 0) is 31.0 Å². The first-order chi connectivity index (χ1) is 10.5. The number of nitrogens with zero attached hydrogens (tertiary/aromatic N) is 3. The molecule has 2 heterocycles. The summed E-state index contributed by atoms with van der Waals surface area (Å²) in [6, 6.07) is 5.31. The number of fused-ring (bicyclic) bond motifs is 1. The van der Waals surface area contributed by atoms with E-state index in [9.17, 15) is 9.59 Å². The topological polar surface area (TPSA) is 111 Å². The van der Waals surface area contributed by atoms with E-state index >= 15 is 0 Å². The van der Waals surface area contributed by atoms with Crippen molar-refractivity contribution in [1.82, 2.24) is 25.6 Å². The van der Waals surface area contributed by atoms with Crippen molar-refractivity contribution in [2.45, 2.75) is 18.9 Å². The van der Waals surface area contributed by atoms with Crippen LogP contribution in [-0.2, 0) is 0 Å². The van der Waals surface area contributed by atoms with E-state index in [1.165, 1.54) is 4.90 Å². The molecule has 1 aromatic carbocycles. The molecule has 4 rings (SSSR count). The Balaban J connectivity index is 1.35. The van der Waals surface area contributed by atoms with Gasteiger partial charge in [0.1, 0.15) is 11.0 Å². The molecule has 2 fully saturated rings. The van der Waals surface area contributed by atoms with Crippen LogP contribution in [0.5, 0.6) is 0 Å². The Hall–Kier alpha value is -2.64. The first-order valence-corrected chi connectivity index (χ1v) is 7.14. The van der Waals surface area contributed by atoms with Crippen LogP contribution in [0.3, 0.4) is 0 Å². The standard InChI is InChI=1S/C14H15N5O3/c20-12(8-1-2-10-11(3-8)17-18-16-10)15-9-4-14(5-9)6-19(7-14)13(21)22/h1-3,9H,4-7H2,(H,15,20)(H,21,22)(H,16,17,18). The molecule has 1 aliphatic carbocycles. The van der Waals surface area contributed by atoms with Gasteiger partial charge in [0.25, 0.3) is 5.91 Å². The first-order valence-electron chi connectivity index (χ1n) is 7.14. The highest BCUT2D eigenvalue weighted by molar-refractivity contribution is 5.97. The fourth-order valence-corrected chi connectivity index (χ4v) is 3.49. The van der Waals surface area contributed by atoms with Crippen molar-refractivity contribution in [3.8, 4) is 0 Å². The average Bonchev–Trinajstić information content (AvgIpc) is 2.86. The Morgan fingerprint density at radius 2 is 2.00 bits per heavy atom. The van der Waals surface area contributed by atoms with E-state index in [1.54, 1.807) is 18.2 Å². The second-order valence-corrected chi connectivity index (χ2v) is 6.24. The van der Waals surface area contributed by atoms with Crippen LogP contribution in [0.4, 0.5) is 4.79 Å². The lowest BCUT2D eigenvalue weighted by molar-refractivity contribution is -0.0623. The number of aromatic amines is 1. The molecule has 0 radical (unpaired) electrons. The van der Waals surface area contributed by atoms with Gasteiger partial charge in [-0.1, -0.05) is 0 Å². The summed E-state index contributed by atoms with van der Waals surface area (Å²) in [4.78, 5) is 24.4. The molecule has 0 unspecified atom stereocenters. The third-order valence-corrected chi connectivity index (χ3v) is 4.60. The van der Waals surface area contributed by atoms with Crippen molar-refractivity contribution in [1.29, 1.82) is 0 Å². The Bertz CT molecular complexity index is 757. The molecule has 0 bridgehead atoms. The molecule has 2 aromatic rings. The molecule has 22 heavy (non-hydrogen) atoms. The molecule has 3 N–H and O–H groups in total. The van der Waals surface area contributed by atoms with Crippen molar-refractivity contribution in [2.75, 3.05) is 13.1 Å². The lowest BCUT2D eigenvalue weighted by atomic mass is 9.61. The molecule has 1 saturated carbocycles. The molecule has 114 valence electrons. The number of hydrogen-bond donors (Lipinski definition) is 3. The van der Waals surface area contributed by atoms with E-state index in [2.05, 4.69) is 20.7 Å². The highest BCUT2D eigenvalue weighted by atomic mass is 16.4. The van der Waals surface area contributed by atoms with Gasteiger partial charge < -0.3 is 15.3 Å². The number of H-pyrrole nitrogens is 1. The van der Waals surface area contributed by atoms with Crippen LogP contribution in [-0.4, -0.2) is 56.5 Å². The Kier molecular flexibility index (Phi) is 2.63. The summed E-state index contributed by atoms with van der Waals surface area (Å²) < 4.78 is 0. The second-order valence-electron chi connectivity index (χ2n) is 6.24. The van der Waals surface area contributed by atoms with Gasteiger partial charge in [0.2, 0.25) is 0 Å². The minimum absolute atomic E-state index is 0.0897. The lowest BCUT2D eigenvalue weighted by Gasteiger charge is -2.58. The number of likely N-dealkylation sites (tertiary alicyclic amines) is 1. The summed E-state index contributed by atoms with van der Waals surface area (Å²) in [6.07, 6.45) is 0.822. The number of amides is 2. The van der Waals surface area contributed by atoms with Gasteiger partial charge in [-0.25, -0.2) is 4.79 Å². The van der Waals surface area contributed by atoms with Gasteiger partial charge in [0.05, 0.1) is 0 Å². The molecule has 1 aliphatic heterocycles. The lowest BCUT2D eigenvalue weighted by Crippen LogP contribution is -2.67. The normalized spacial score (nSPS) is 19.7. The van der Waals surface area contributed by atoms with Crippen LogP contribution in [0.1, 0.15) is 23.2 Å². The number of hydrogen-bond acceptors (Lipinski definition) is 4. The molecule has 1 aromatic heterocycles. The number of nitrogens with one attached hydrogen (secondary N) is 2. The fraction of sp³-hybridized carbons (Fsp3) is 0.429. The summed E-state index contributed by atoms with van der Waals surface area (Å²) >= 11 is 0. The predicted octanol–water partition coefficient (Wildman–Crippen LogP) is 0.830. The molecule has 8 nitrogen and oxygen atoms in total. The van der Waals surface area contributed by atoms with Gasteiger partial charge in [0.15, 0.2) is 0 Å². The SMILES string of the molecule is O=C(NC1CC2(C1)CN(C(=O)O)C2)c1ccc2n[nH]nc2c1. The van der Waals surface area contributed by atoms with Crippen LogP contribution in [0, 0.1) is 5.41 Å². The number of carboxylic acid groups (broad SMARTS) is 1. The molecule has 8 heteroatoms. The minimum Gasteiger partial charge on any atom is -0.465 e. The maximum absolute atomic E-state index is 12.2. The summed E-state index contributed by atoms with van der Waals surface area (Å²) in [5.74, 6) is -0.126. The molecular formula is C14H15N5O3. The molecule has 2 amide bonds. The Labute approximate surface area is 125 Å². The third-order valence-electron chi connectivity index (χ3n) is 4.60. The van der Waals surface area contributed by atoms with Crippen molar-refractivity contribution in [3.63, 3.8) is 0 Å². The van der Waals surface area contributed by atoms with Crippen LogP contribution in [0.2, 0.25) is 0 Å². The Morgan fingerprint density at radius 1 is 1.27 bits per heavy atom. The van der Waals surface area contributed by atoms with E-state index in [0.29, 0.717) is 24.2 Å². The van der Waals surface area contributed by atoms with Crippen LogP contribution < -0.4 is 5.32 Å². The number of rotatable bonds is 2. The zero-order valence-corrected chi connectivity index (χ0v) is 11.7. The summed E-state index contributed by atoms with van der Waals surface area (Å²) in [6.45, 7) is 1.17. The van der Waals surface area contributed by atoms with E-state index in [-0.39, 0.29) is 17.4 Å². The zero-order chi connectivity index (χ0) is 15.3. The molecule has 1 saturated heterocycles. The van der Waals surface area contributed by atoms with Crippen molar-refractivity contribution >= 4 is 23.0 Å². The first kappa shape index (κ1) is 13.1. The monoisotopic (exact) mass is 301 g/mol. The smallest absolute Gasteiger partial charge is 0.407 e. The van der Waals surface area contributed by atoms with Crippen molar-refractivity contribution < 1.29 is 14.7 Å². The molecular weight excluding hydrogens is 286 g/mol. The molecule has 2 aliphatic rings. The number of carbonyl (C=O) groups is 2. The average molecular weight is 301 g/mol. The second kappa shape index (κ2) is 4.43.